The van der Waals surface area contributed by atoms with Crippen molar-refractivity contribution in [1.82, 2.24) is 9.55 Å². The van der Waals surface area contributed by atoms with Gasteiger partial charge in [-0.25, -0.2) is 4.98 Å². The summed E-state index contributed by atoms with van der Waals surface area (Å²) in [4.78, 5) is 4.37. The normalized spacial score (nSPS) is 10.7. The maximum atomic E-state index is 4.37. The summed E-state index contributed by atoms with van der Waals surface area (Å²) >= 11 is 0. The van der Waals surface area contributed by atoms with Gasteiger partial charge in [-0.2, -0.15) is 0 Å². The lowest BCUT2D eigenvalue weighted by Gasteiger charge is -2.05. The van der Waals surface area contributed by atoms with Crippen LogP contribution in [0.15, 0.2) is 24.5 Å². The second-order valence-electron chi connectivity index (χ2n) is 3.46. The standard InChI is InChI=1S/C11H15N3/c1-3-7-12-9-5-4-6-10-11(9)13-8-14(10)2/h4-6,8,12H,3,7H2,1-2H3. The Bertz CT molecular complexity index is 431. The van der Waals surface area contributed by atoms with Gasteiger partial charge in [-0.15, -0.1) is 0 Å². The molecule has 1 heterocycles. The Kier molecular flexibility index (Phi) is 2.39. The minimum absolute atomic E-state index is 0.996. The van der Waals surface area contributed by atoms with Crippen LogP contribution in [-0.2, 0) is 7.05 Å². The highest BCUT2D eigenvalue weighted by Crippen LogP contribution is 2.20. The first-order valence-corrected chi connectivity index (χ1v) is 4.97. The van der Waals surface area contributed by atoms with Gasteiger partial charge in [-0.05, 0) is 18.6 Å². The van der Waals surface area contributed by atoms with E-state index in [1.54, 1.807) is 0 Å². The number of aryl methyl sites for hydroxylation is 1. The minimum Gasteiger partial charge on any atom is -0.383 e. The van der Waals surface area contributed by atoms with Gasteiger partial charge in [-0.1, -0.05) is 13.0 Å². The molecule has 0 atom stereocenters. The number of hydrogen-bond acceptors (Lipinski definition) is 2. The number of hydrogen-bond donors (Lipinski definition) is 1. The number of para-hydroxylation sites is 1. The highest BCUT2D eigenvalue weighted by Gasteiger charge is 2.03. The summed E-state index contributed by atoms with van der Waals surface area (Å²) in [6.45, 7) is 3.15. The van der Waals surface area contributed by atoms with Crippen molar-refractivity contribution in [1.29, 1.82) is 0 Å². The van der Waals surface area contributed by atoms with Crippen molar-refractivity contribution in [2.45, 2.75) is 13.3 Å². The number of rotatable bonds is 3. The Morgan fingerprint density at radius 2 is 2.29 bits per heavy atom. The Morgan fingerprint density at radius 1 is 1.43 bits per heavy atom. The third-order valence-electron chi connectivity index (χ3n) is 2.32. The average Bonchev–Trinajstić information content (AvgIpc) is 2.58. The maximum absolute atomic E-state index is 4.37. The van der Waals surface area contributed by atoms with E-state index < -0.39 is 0 Å². The van der Waals surface area contributed by atoms with Crippen molar-refractivity contribution in [3.05, 3.63) is 24.5 Å². The Morgan fingerprint density at radius 3 is 3.07 bits per heavy atom. The zero-order valence-electron chi connectivity index (χ0n) is 8.62. The molecule has 0 radical (unpaired) electrons. The second-order valence-corrected chi connectivity index (χ2v) is 3.46. The lowest BCUT2D eigenvalue weighted by molar-refractivity contribution is 0.948. The van der Waals surface area contributed by atoms with Crippen LogP contribution in [0.4, 0.5) is 5.69 Å². The fourth-order valence-corrected chi connectivity index (χ4v) is 1.56. The molecule has 0 bridgehead atoms. The number of benzene rings is 1. The third kappa shape index (κ3) is 1.45. The molecule has 1 aromatic carbocycles. The lowest BCUT2D eigenvalue weighted by Crippen LogP contribution is -2.00. The van der Waals surface area contributed by atoms with Crippen molar-refractivity contribution in [3.63, 3.8) is 0 Å². The summed E-state index contributed by atoms with van der Waals surface area (Å²) in [5, 5.41) is 3.37. The van der Waals surface area contributed by atoms with Crippen LogP contribution in [0.1, 0.15) is 13.3 Å². The molecule has 2 aromatic rings. The van der Waals surface area contributed by atoms with Gasteiger partial charge in [0.15, 0.2) is 0 Å². The fraction of sp³-hybridized carbons (Fsp3) is 0.364. The summed E-state index contributed by atoms with van der Waals surface area (Å²) in [7, 11) is 2.01. The quantitative estimate of drug-likeness (QED) is 0.803. The van der Waals surface area contributed by atoms with E-state index in [0.717, 1.165) is 24.2 Å². The van der Waals surface area contributed by atoms with Gasteiger partial charge in [0.1, 0.15) is 5.52 Å². The summed E-state index contributed by atoms with van der Waals surface area (Å²) in [5.74, 6) is 0. The molecular weight excluding hydrogens is 174 g/mol. The predicted molar refractivity (Wildman–Crippen MR) is 59.5 cm³/mol. The first kappa shape index (κ1) is 9.06. The molecule has 0 aliphatic rings. The Labute approximate surface area is 83.8 Å². The number of fused-ring (bicyclic) bond motifs is 1. The predicted octanol–water partition coefficient (Wildman–Crippen LogP) is 2.40. The second kappa shape index (κ2) is 3.70. The fourth-order valence-electron chi connectivity index (χ4n) is 1.56. The largest absolute Gasteiger partial charge is 0.383 e. The van der Waals surface area contributed by atoms with Gasteiger partial charge in [0.25, 0.3) is 0 Å². The molecule has 0 fully saturated rings. The molecule has 1 aromatic heterocycles. The van der Waals surface area contributed by atoms with E-state index in [4.69, 9.17) is 0 Å². The molecule has 0 saturated carbocycles. The van der Waals surface area contributed by atoms with Crippen LogP contribution in [0, 0.1) is 0 Å². The molecule has 1 N–H and O–H groups in total. The van der Waals surface area contributed by atoms with Crippen LogP contribution in [-0.4, -0.2) is 16.1 Å². The van der Waals surface area contributed by atoms with E-state index in [2.05, 4.69) is 35.4 Å². The van der Waals surface area contributed by atoms with E-state index in [1.165, 1.54) is 5.52 Å². The number of anilines is 1. The molecule has 0 aliphatic heterocycles. The highest BCUT2D eigenvalue weighted by molar-refractivity contribution is 5.88. The van der Waals surface area contributed by atoms with Crippen LogP contribution in [0.25, 0.3) is 11.0 Å². The third-order valence-corrected chi connectivity index (χ3v) is 2.32. The van der Waals surface area contributed by atoms with E-state index >= 15 is 0 Å². The molecule has 3 nitrogen and oxygen atoms in total. The Balaban J connectivity index is 2.44. The first-order chi connectivity index (χ1) is 6.83. The van der Waals surface area contributed by atoms with Gasteiger partial charge in [-0.3, -0.25) is 0 Å². The van der Waals surface area contributed by atoms with Gasteiger partial charge >= 0.3 is 0 Å². The number of aromatic nitrogens is 2. The summed E-state index contributed by atoms with van der Waals surface area (Å²) in [6.07, 6.45) is 2.98. The van der Waals surface area contributed by atoms with Crippen LogP contribution >= 0.6 is 0 Å². The van der Waals surface area contributed by atoms with Gasteiger partial charge in [0.2, 0.25) is 0 Å². The van der Waals surface area contributed by atoms with Crippen LogP contribution in [0.3, 0.4) is 0 Å². The number of nitrogens with zero attached hydrogens (tertiary/aromatic N) is 2. The van der Waals surface area contributed by atoms with Crippen molar-refractivity contribution in [2.24, 2.45) is 7.05 Å². The minimum atomic E-state index is 0.996. The molecule has 0 unspecified atom stereocenters. The van der Waals surface area contributed by atoms with Crippen molar-refractivity contribution in [3.8, 4) is 0 Å². The molecule has 2 rings (SSSR count). The molecule has 74 valence electrons. The monoisotopic (exact) mass is 189 g/mol. The van der Waals surface area contributed by atoms with E-state index in [1.807, 2.05) is 17.9 Å². The molecular formula is C11H15N3. The zero-order chi connectivity index (χ0) is 9.97. The molecule has 3 heteroatoms. The molecule has 0 spiro atoms. The molecule has 14 heavy (non-hydrogen) atoms. The number of nitrogens with one attached hydrogen (secondary N) is 1. The van der Waals surface area contributed by atoms with Gasteiger partial charge in [0.05, 0.1) is 17.5 Å². The highest BCUT2D eigenvalue weighted by atomic mass is 15.0. The topological polar surface area (TPSA) is 29.9 Å². The van der Waals surface area contributed by atoms with Crippen LogP contribution in [0.2, 0.25) is 0 Å². The smallest absolute Gasteiger partial charge is 0.112 e. The maximum Gasteiger partial charge on any atom is 0.112 e. The molecule has 0 amide bonds. The van der Waals surface area contributed by atoms with E-state index in [9.17, 15) is 0 Å². The Hall–Kier alpha value is -1.51. The average molecular weight is 189 g/mol. The molecule has 0 aliphatic carbocycles. The van der Waals surface area contributed by atoms with Crippen LogP contribution < -0.4 is 5.32 Å². The van der Waals surface area contributed by atoms with Gasteiger partial charge in [0, 0.05) is 13.6 Å². The SMILES string of the molecule is CCCNc1cccc2c1ncn2C. The van der Waals surface area contributed by atoms with E-state index in [0.29, 0.717) is 0 Å². The van der Waals surface area contributed by atoms with Crippen LogP contribution in [0.5, 0.6) is 0 Å². The van der Waals surface area contributed by atoms with Crippen molar-refractivity contribution >= 4 is 16.7 Å². The lowest BCUT2D eigenvalue weighted by atomic mass is 10.2. The van der Waals surface area contributed by atoms with Gasteiger partial charge < -0.3 is 9.88 Å². The van der Waals surface area contributed by atoms with Crippen molar-refractivity contribution < 1.29 is 0 Å². The van der Waals surface area contributed by atoms with E-state index in [-0.39, 0.29) is 0 Å². The zero-order valence-corrected chi connectivity index (χ0v) is 8.62. The van der Waals surface area contributed by atoms with Crippen molar-refractivity contribution in [2.75, 3.05) is 11.9 Å². The summed E-state index contributed by atoms with van der Waals surface area (Å²) in [6, 6.07) is 6.21. The summed E-state index contributed by atoms with van der Waals surface area (Å²) in [5.41, 5.74) is 3.36. The first-order valence-electron chi connectivity index (χ1n) is 4.97. The number of imidazole rings is 1. The summed E-state index contributed by atoms with van der Waals surface area (Å²) < 4.78 is 2.03. The molecule has 0 saturated heterocycles.